The molecule has 8 heteroatoms. The number of rotatable bonds is 4. The summed E-state index contributed by atoms with van der Waals surface area (Å²) >= 11 is 0. The molecule has 0 aliphatic rings. The van der Waals surface area contributed by atoms with Gasteiger partial charge < -0.3 is 9.80 Å². The summed E-state index contributed by atoms with van der Waals surface area (Å²) in [6.45, 7) is 0. The Morgan fingerprint density at radius 2 is 1.04 bits per heavy atom. The van der Waals surface area contributed by atoms with Crippen molar-refractivity contribution in [2.24, 2.45) is 0 Å². The van der Waals surface area contributed by atoms with E-state index in [1.165, 1.54) is 0 Å². The zero-order valence-corrected chi connectivity index (χ0v) is 15.2. The van der Waals surface area contributed by atoms with E-state index in [2.05, 4.69) is 20.6 Å². The van der Waals surface area contributed by atoms with Crippen molar-refractivity contribution in [3.8, 4) is 0 Å². The summed E-state index contributed by atoms with van der Waals surface area (Å²) < 4.78 is 3.67. The Morgan fingerprint density at radius 3 is 1.42 bits per heavy atom. The Balaban J connectivity index is 2.06. The summed E-state index contributed by atoms with van der Waals surface area (Å²) in [6, 6.07) is 15.8. The highest BCUT2D eigenvalue weighted by Gasteiger charge is 2.21. The lowest BCUT2D eigenvalue weighted by Gasteiger charge is -2.26. The minimum Gasteiger partial charge on any atom is -0.360 e. The standard InChI is InChI=1S/C18H20N8/c1-23(2)17(25-15-11-7-5-9-13(15)19-21-25)18(24(3)4)26-16-12-8-6-10-14(16)20-22-26/h5-12H,1-4H3/b18-17+. The van der Waals surface area contributed by atoms with E-state index in [9.17, 15) is 0 Å². The first-order valence-electron chi connectivity index (χ1n) is 8.28. The fourth-order valence-corrected chi connectivity index (χ4v) is 3.02. The molecule has 2 aromatic carbocycles. The van der Waals surface area contributed by atoms with Crippen LogP contribution in [-0.2, 0) is 0 Å². The van der Waals surface area contributed by atoms with Gasteiger partial charge in [-0.3, -0.25) is 0 Å². The Bertz CT molecular complexity index is 1010. The van der Waals surface area contributed by atoms with Crippen LogP contribution in [0.3, 0.4) is 0 Å². The maximum atomic E-state index is 4.39. The molecule has 2 heterocycles. The molecule has 0 saturated carbocycles. The van der Waals surface area contributed by atoms with Crippen molar-refractivity contribution in [2.45, 2.75) is 0 Å². The minimum atomic E-state index is 0.841. The largest absolute Gasteiger partial charge is 0.360 e. The van der Waals surface area contributed by atoms with E-state index in [-0.39, 0.29) is 0 Å². The zero-order valence-electron chi connectivity index (χ0n) is 15.2. The van der Waals surface area contributed by atoms with Gasteiger partial charge in [-0.05, 0) is 24.3 Å². The molecule has 0 N–H and O–H groups in total. The van der Waals surface area contributed by atoms with E-state index < -0.39 is 0 Å². The summed E-state index contributed by atoms with van der Waals surface area (Å²) in [6.07, 6.45) is 0. The lowest BCUT2D eigenvalue weighted by atomic mass is 10.3. The maximum absolute atomic E-state index is 4.39. The molecular weight excluding hydrogens is 328 g/mol. The number of aromatic nitrogens is 6. The average molecular weight is 348 g/mol. The molecule has 0 radical (unpaired) electrons. The van der Waals surface area contributed by atoms with Crippen molar-refractivity contribution < 1.29 is 0 Å². The van der Waals surface area contributed by atoms with Crippen LogP contribution in [0.2, 0.25) is 0 Å². The number of hydrogen-bond donors (Lipinski definition) is 0. The predicted octanol–water partition coefficient (Wildman–Crippen LogP) is 2.04. The molecule has 132 valence electrons. The molecule has 26 heavy (non-hydrogen) atoms. The monoisotopic (exact) mass is 348 g/mol. The summed E-state index contributed by atoms with van der Waals surface area (Å²) in [7, 11) is 7.92. The molecule has 0 saturated heterocycles. The highest BCUT2D eigenvalue weighted by molar-refractivity contribution is 5.85. The molecule has 8 nitrogen and oxygen atoms in total. The quantitative estimate of drug-likeness (QED) is 0.562. The molecule has 2 aromatic heterocycles. The van der Waals surface area contributed by atoms with Gasteiger partial charge in [-0.1, -0.05) is 34.7 Å². The van der Waals surface area contributed by atoms with Crippen LogP contribution in [0.4, 0.5) is 0 Å². The van der Waals surface area contributed by atoms with Crippen LogP contribution >= 0.6 is 0 Å². The maximum Gasteiger partial charge on any atom is 0.175 e. The smallest absolute Gasteiger partial charge is 0.175 e. The Morgan fingerprint density at radius 1 is 0.654 bits per heavy atom. The predicted molar refractivity (Wildman–Crippen MR) is 102 cm³/mol. The van der Waals surface area contributed by atoms with Crippen molar-refractivity contribution in [1.29, 1.82) is 0 Å². The number of para-hydroxylation sites is 2. The molecule has 0 bridgehead atoms. The summed E-state index contributed by atoms with van der Waals surface area (Å²) in [5.74, 6) is 1.69. The summed E-state index contributed by atoms with van der Waals surface area (Å²) in [5.41, 5.74) is 3.54. The third kappa shape index (κ3) is 2.46. The molecule has 0 spiro atoms. The van der Waals surface area contributed by atoms with Gasteiger partial charge in [0.2, 0.25) is 0 Å². The van der Waals surface area contributed by atoms with Crippen molar-refractivity contribution in [2.75, 3.05) is 28.2 Å². The van der Waals surface area contributed by atoms with Crippen LogP contribution in [0.15, 0.2) is 48.5 Å². The highest BCUT2D eigenvalue weighted by atomic mass is 15.5. The van der Waals surface area contributed by atoms with Gasteiger partial charge in [0.15, 0.2) is 11.6 Å². The number of hydrogen-bond acceptors (Lipinski definition) is 6. The van der Waals surface area contributed by atoms with Gasteiger partial charge in [0.05, 0.1) is 11.0 Å². The first-order chi connectivity index (χ1) is 12.6. The van der Waals surface area contributed by atoms with Gasteiger partial charge in [-0.2, -0.15) is 9.36 Å². The first-order valence-corrected chi connectivity index (χ1v) is 8.28. The molecule has 0 amide bonds. The average Bonchev–Trinajstić information content (AvgIpc) is 3.23. The molecule has 0 aliphatic heterocycles. The molecule has 0 fully saturated rings. The zero-order chi connectivity index (χ0) is 18.3. The van der Waals surface area contributed by atoms with Gasteiger partial charge in [-0.15, -0.1) is 10.2 Å². The van der Waals surface area contributed by atoms with E-state index in [1.807, 2.05) is 95.9 Å². The van der Waals surface area contributed by atoms with Gasteiger partial charge in [-0.25, -0.2) is 0 Å². The number of fused-ring (bicyclic) bond motifs is 2. The van der Waals surface area contributed by atoms with Crippen LogP contribution in [-0.4, -0.2) is 68.0 Å². The second-order valence-electron chi connectivity index (χ2n) is 6.42. The van der Waals surface area contributed by atoms with Crippen molar-refractivity contribution in [3.05, 3.63) is 48.5 Å². The fourth-order valence-electron chi connectivity index (χ4n) is 3.02. The lowest BCUT2D eigenvalue weighted by molar-refractivity contribution is 0.489. The van der Waals surface area contributed by atoms with Gasteiger partial charge in [0, 0.05) is 28.2 Å². The Labute approximate surface area is 150 Å². The number of benzene rings is 2. The van der Waals surface area contributed by atoms with E-state index >= 15 is 0 Å². The molecule has 0 aliphatic carbocycles. The van der Waals surface area contributed by atoms with Crippen molar-refractivity contribution >= 4 is 33.7 Å². The highest BCUT2D eigenvalue weighted by Crippen LogP contribution is 2.25. The van der Waals surface area contributed by atoms with Crippen molar-refractivity contribution in [1.82, 2.24) is 39.8 Å². The third-order valence-corrected chi connectivity index (χ3v) is 4.15. The molecular formula is C18H20N8. The Hall–Kier alpha value is -3.42. The second kappa shape index (κ2) is 6.14. The van der Waals surface area contributed by atoms with E-state index in [0.29, 0.717) is 0 Å². The minimum absolute atomic E-state index is 0.841. The number of nitrogens with zero attached hydrogens (tertiary/aromatic N) is 8. The van der Waals surface area contributed by atoms with Crippen LogP contribution in [0, 0.1) is 0 Å². The normalized spacial score (nSPS) is 12.5. The van der Waals surface area contributed by atoms with E-state index in [4.69, 9.17) is 0 Å². The lowest BCUT2D eigenvalue weighted by Crippen LogP contribution is -2.27. The topological polar surface area (TPSA) is 67.9 Å². The van der Waals surface area contributed by atoms with E-state index in [1.54, 1.807) is 0 Å². The van der Waals surface area contributed by atoms with E-state index in [0.717, 1.165) is 33.7 Å². The fraction of sp³-hybridized carbons (Fsp3) is 0.222. The van der Waals surface area contributed by atoms with Crippen molar-refractivity contribution in [3.63, 3.8) is 0 Å². The van der Waals surface area contributed by atoms with Gasteiger partial charge in [0.25, 0.3) is 0 Å². The second-order valence-corrected chi connectivity index (χ2v) is 6.42. The first kappa shape index (κ1) is 16.1. The summed E-state index contributed by atoms with van der Waals surface area (Å²) in [5, 5.41) is 17.4. The van der Waals surface area contributed by atoms with Crippen LogP contribution < -0.4 is 0 Å². The SMILES string of the molecule is CN(C)/C(=C(/N(C)C)n1nnc2ccccc21)n1nnc2ccccc21. The molecule has 4 aromatic rings. The van der Waals surface area contributed by atoms with Crippen LogP contribution in [0.25, 0.3) is 33.7 Å². The summed E-state index contributed by atoms with van der Waals surface area (Å²) in [4.78, 5) is 4.01. The van der Waals surface area contributed by atoms with Crippen LogP contribution in [0.5, 0.6) is 0 Å². The van der Waals surface area contributed by atoms with Gasteiger partial charge in [0.1, 0.15) is 11.0 Å². The molecule has 0 atom stereocenters. The molecule has 0 unspecified atom stereocenters. The Kier molecular flexibility index (Phi) is 3.80. The molecule has 4 rings (SSSR count). The third-order valence-electron chi connectivity index (χ3n) is 4.15. The van der Waals surface area contributed by atoms with Gasteiger partial charge >= 0.3 is 0 Å². The van der Waals surface area contributed by atoms with Crippen LogP contribution in [0.1, 0.15) is 0 Å².